The SMILES string of the molecule is CCOC(=O)C(C)(COC1CCCC(OC)C1)NC1CC1. The minimum absolute atomic E-state index is 0.179. The van der Waals surface area contributed by atoms with Gasteiger partial charge in [-0.1, -0.05) is 0 Å². The van der Waals surface area contributed by atoms with Gasteiger partial charge in [0.05, 0.1) is 25.4 Å². The second-order valence-electron chi connectivity index (χ2n) is 6.43. The van der Waals surface area contributed by atoms with Gasteiger partial charge in [-0.2, -0.15) is 0 Å². The zero-order chi connectivity index (χ0) is 15.3. The van der Waals surface area contributed by atoms with Crippen molar-refractivity contribution >= 4 is 5.97 Å². The van der Waals surface area contributed by atoms with Crippen LogP contribution in [0.5, 0.6) is 0 Å². The molecule has 2 saturated carbocycles. The van der Waals surface area contributed by atoms with Crippen molar-refractivity contribution in [1.82, 2.24) is 5.32 Å². The van der Waals surface area contributed by atoms with Crippen molar-refractivity contribution < 1.29 is 19.0 Å². The minimum atomic E-state index is -0.739. The van der Waals surface area contributed by atoms with Crippen LogP contribution in [0.15, 0.2) is 0 Å². The number of ether oxygens (including phenoxy) is 3. The lowest BCUT2D eigenvalue weighted by Gasteiger charge is -2.33. The molecule has 0 radical (unpaired) electrons. The smallest absolute Gasteiger partial charge is 0.328 e. The second-order valence-corrected chi connectivity index (χ2v) is 6.43. The van der Waals surface area contributed by atoms with E-state index in [0.717, 1.165) is 38.5 Å². The van der Waals surface area contributed by atoms with E-state index in [1.165, 1.54) is 0 Å². The van der Waals surface area contributed by atoms with E-state index in [1.807, 2.05) is 13.8 Å². The highest BCUT2D eigenvalue weighted by Gasteiger charge is 2.40. The normalized spacial score (nSPS) is 28.9. The van der Waals surface area contributed by atoms with Crippen LogP contribution >= 0.6 is 0 Å². The molecule has 2 fully saturated rings. The Morgan fingerprint density at radius 1 is 1.24 bits per heavy atom. The number of methoxy groups -OCH3 is 1. The molecule has 2 rings (SSSR count). The molecular weight excluding hydrogens is 270 g/mol. The first-order valence-electron chi connectivity index (χ1n) is 8.16. The van der Waals surface area contributed by atoms with Crippen LogP contribution in [0, 0.1) is 0 Å². The number of esters is 1. The molecule has 5 heteroatoms. The summed E-state index contributed by atoms with van der Waals surface area (Å²) in [6.07, 6.45) is 6.91. The molecule has 0 amide bonds. The Morgan fingerprint density at radius 3 is 2.57 bits per heavy atom. The van der Waals surface area contributed by atoms with Crippen molar-refractivity contribution in [3.63, 3.8) is 0 Å². The molecule has 0 bridgehead atoms. The minimum Gasteiger partial charge on any atom is -0.465 e. The van der Waals surface area contributed by atoms with Gasteiger partial charge < -0.3 is 14.2 Å². The molecule has 3 atom stereocenters. The Balaban J connectivity index is 1.87. The van der Waals surface area contributed by atoms with Gasteiger partial charge in [-0.05, 0) is 52.4 Å². The summed E-state index contributed by atoms with van der Waals surface area (Å²) in [6.45, 7) is 4.49. The fraction of sp³-hybridized carbons (Fsp3) is 0.938. The summed E-state index contributed by atoms with van der Waals surface area (Å²) in [5.41, 5.74) is -0.739. The Morgan fingerprint density at radius 2 is 1.95 bits per heavy atom. The molecule has 0 aromatic rings. The summed E-state index contributed by atoms with van der Waals surface area (Å²) >= 11 is 0. The maximum atomic E-state index is 12.2. The summed E-state index contributed by atoms with van der Waals surface area (Å²) in [4.78, 5) is 12.2. The Hall–Kier alpha value is -0.650. The maximum Gasteiger partial charge on any atom is 0.328 e. The summed E-state index contributed by atoms with van der Waals surface area (Å²) in [5.74, 6) is -0.212. The van der Waals surface area contributed by atoms with E-state index in [4.69, 9.17) is 14.2 Å². The highest BCUT2D eigenvalue weighted by Crippen LogP contribution is 2.26. The number of hydrogen-bond donors (Lipinski definition) is 1. The average molecular weight is 299 g/mol. The maximum absolute atomic E-state index is 12.2. The number of rotatable bonds is 8. The molecule has 21 heavy (non-hydrogen) atoms. The van der Waals surface area contributed by atoms with Crippen LogP contribution in [0.2, 0.25) is 0 Å². The lowest BCUT2D eigenvalue weighted by atomic mass is 9.94. The molecule has 2 aliphatic carbocycles. The quantitative estimate of drug-likeness (QED) is 0.695. The molecule has 0 aromatic carbocycles. The van der Waals surface area contributed by atoms with Crippen molar-refractivity contribution in [3.8, 4) is 0 Å². The molecule has 0 aliphatic heterocycles. The summed E-state index contributed by atoms with van der Waals surface area (Å²) in [7, 11) is 1.75. The van der Waals surface area contributed by atoms with E-state index >= 15 is 0 Å². The fourth-order valence-electron chi connectivity index (χ4n) is 2.88. The molecule has 3 unspecified atom stereocenters. The van der Waals surface area contributed by atoms with Crippen LogP contribution in [0.25, 0.3) is 0 Å². The molecule has 2 aliphatic rings. The Labute approximate surface area is 127 Å². The Bertz CT molecular complexity index is 345. The highest BCUT2D eigenvalue weighted by molar-refractivity contribution is 5.80. The van der Waals surface area contributed by atoms with Gasteiger partial charge in [0, 0.05) is 13.2 Å². The van der Waals surface area contributed by atoms with Gasteiger partial charge in [0.1, 0.15) is 5.54 Å². The van der Waals surface area contributed by atoms with E-state index in [0.29, 0.717) is 19.3 Å². The molecule has 122 valence electrons. The van der Waals surface area contributed by atoms with Gasteiger partial charge in [0.25, 0.3) is 0 Å². The summed E-state index contributed by atoms with van der Waals surface area (Å²) in [5, 5.41) is 3.39. The van der Waals surface area contributed by atoms with Crippen LogP contribution in [-0.2, 0) is 19.0 Å². The number of nitrogens with one attached hydrogen (secondary N) is 1. The monoisotopic (exact) mass is 299 g/mol. The van der Waals surface area contributed by atoms with Gasteiger partial charge in [0.15, 0.2) is 0 Å². The largest absolute Gasteiger partial charge is 0.465 e. The first kappa shape index (κ1) is 16.7. The molecule has 0 saturated heterocycles. The first-order chi connectivity index (χ1) is 10.1. The molecule has 0 heterocycles. The molecular formula is C16H29NO4. The van der Waals surface area contributed by atoms with E-state index in [2.05, 4.69) is 5.32 Å². The molecule has 0 aromatic heterocycles. The molecule has 1 N–H and O–H groups in total. The zero-order valence-electron chi connectivity index (χ0n) is 13.5. The van der Waals surface area contributed by atoms with Crippen molar-refractivity contribution in [2.45, 2.75) is 76.2 Å². The van der Waals surface area contributed by atoms with Crippen molar-refractivity contribution in [1.29, 1.82) is 0 Å². The summed E-state index contributed by atoms with van der Waals surface area (Å²) < 4.78 is 16.7. The summed E-state index contributed by atoms with van der Waals surface area (Å²) in [6, 6.07) is 0.432. The zero-order valence-corrected chi connectivity index (χ0v) is 13.5. The van der Waals surface area contributed by atoms with Crippen molar-refractivity contribution in [3.05, 3.63) is 0 Å². The third kappa shape index (κ3) is 4.94. The first-order valence-corrected chi connectivity index (χ1v) is 8.16. The number of hydrogen-bond acceptors (Lipinski definition) is 5. The van der Waals surface area contributed by atoms with Gasteiger partial charge in [-0.25, -0.2) is 4.79 Å². The number of carbonyl (C=O) groups excluding carboxylic acids is 1. The highest BCUT2D eigenvalue weighted by atomic mass is 16.5. The molecule has 0 spiro atoms. The Kier molecular flexibility index (Phi) is 6.02. The van der Waals surface area contributed by atoms with E-state index in [9.17, 15) is 4.79 Å². The van der Waals surface area contributed by atoms with E-state index < -0.39 is 5.54 Å². The third-order valence-electron chi connectivity index (χ3n) is 4.35. The van der Waals surface area contributed by atoms with Crippen LogP contribution in [0.1, 0.15) is 52.4 Å². The third-order valence-corrected chi connectivity index (χ3v) is 4.35. The predicted molar refractivity (Wildman–Crippen MR) is 80.2 cm³/mol. The van der Waals surface area contributed by atoms with E-state index in [1.54, 1.807) is 7.11 Å². The topological polar surface area (TPSA) is 56.8 Å². The molecule has 5 nitrogen and oxygen atoms in total. The number of carbonyl (C=O) groups is 1. The van der Waals surface area contributed by atoms with Gasteiger partial charge in [-0.3, -0.25) is 5.32 Å². The van der Waals surface area contributed by atoms with Gasteiger partial charge in [0.2, 0.25) is 0 Å². The lowest BCUT2D eigenvalue weighted by molar-refractivity contribution is -0.155. The van der Waals surface area contributed by atoms with Crippen molar-refractivity contribution in [2.24, 2.45) is 0 Å². The predicted octanol–water partition coefficient (Wildman–Crippen LogP) is 2.03. The average Bonchev–Trinajstić information content (AvgIpc) is 3.29. The lowest BCUT2D eigenvalue weighted by Crippen LogP contribution is -2.55. The van der Waals surface area contributed by atoms with Gasteiger partial charge >= 0.3 is 5.97 Å². The van der Waals surface area contributed by atoms with Crippen molar-refractivity contribution in [2.75, 3.05) is 20.3 Å². The van der Waals surface area contributed by atoms with Gasteiger partial charge in [-0.15, -0.1) is 0 Å². The van der Waals surface area contributed by atoms with E-state index in [-0.39, 0.29) is 18.2 Å². The van der Waals surface area contributed by atoms with Crippen LogP contribution in [-0.4, -0.2) is 50.1 Å². The second kappa shape index (κ2) is 7.56. The van der Waals surface area contributed by atoms with Crippen LogP contribution in [0.4, 0.5) is 0 Å². The standard InChI is InChI=1S/C16H29NO4/c1-4-20-15(18)16(2,17-12-8-9-12)11-21-14-7-5-6-13(10-14)19-3/h12-14,17H,4-11H2,1-3H3. The van der Waals surface area contributed by atoms with Crippen LogP contribution in [0.3, 0.4) is 0 Å². The fourth-order valence-corrected chi connectivity index (χ4v) is 2.88. The van der Waals surface area contributed by atoms with Crippen LogP contribution < -0.4 is 5.32 Å².